The smallest absolute Gasteiger partial charge is 0.191 e. The van der Waals surface area contributed by atoms with Crippen LogP contribution in [0.25, 0.3) is 0 Å². The number of rotatable bonds is 8. The van der Waals surface area contributed by atoms with Gasteiger partial charge in [0, 0.05) is 20.1 Å². The number of para-hydroxylation sites is 2. The molecule has 7 heteroatoms. The molecular weight excluding hydrogens is 443 g/mol. The molecule has 1 unspecified atom stereocenters. The number of hydrogen-bond donors (Lipinski definition) is 2. The van der Waals surface area contributed by atoms with Crippen molar-refractivity contribution in [3.8, 4) is 11.5 Å². The third kappa shape index (κ3) is 7.99. The van der Waals surface area contributed by atoms with Gasteiger partial charge in [0.2, 0.25) is 0 Å². The second-order valence-corrected chi connectivity index (χ2v) is 6.36. The Morgan fingerprint density at radius 3 is 2.50 bits per heavy atom. The maximum Gasteiger partial charge on any atom is 0.191 e. The van der Waals surface area contributed by atoms with Gasteiger partial charge < -0.3 is 25.0 Å². The number of likely N-dealkylation sites (tertiary alicyclic amines) is 1. The summed E-state index contributed by atoms with van der Waals surface area (Å²) in [5, 5.41) is 6.69. The van der Waals surface area contributed by atoms with Crippen molar-refractivity contribution in [1.82, 2.24) is 15.5 Å². The molecule has 1 heterocycles. The standard InChI is InChI=1S/C19H32N4O2.HI/c1-16(25-18-10-6-5-9-17(18)24-3)15-22-19(20-2)21-11-14-23-12-7-4-8-13-23;/h5-6,9-10,16H,4,7-8,11-15H2,1-3H3,(H2,20,21,22);1H. The van der Waals surface area contributed by atoms with Gasteiger partial charge in [0.25, 0.3) is 0 Å². The number of benzene rings is 1. The zero-order chi connectivity index (χ0) is 17.9. The molecule has 1 atom stereocenters. The maximum absolute atomic E-state index is 5.95. The van der Waals surface area contributed by atoms with E-state index < -0.39 is 0 Å². The molecule has 0 aliphatic carbocycles. The van der Waals surface area contributed by atoms with E-state index in [2.05, 4.69) is 20.5 Å². The zero-order valence-electron chi connectivity index (χ0n) is 16.2. The third-order valence-corrected chi connectivity index (χ3v) is 4.35. The lowest BCUT2D eigenvalue weighted by atomic mass is 10.1. The van der Waals surface area contributed by atoms with Crippen molar-refractivity contribution in [2.24, 2.45) is 4.99 Å². The van der Waals surface area contributed by atoms with Crippen LogP contribution in [0.4, 0.5) is 0 Å². The highest BCUT2D eigenvalue weighted by molar-refractivity contribution is 14.0. The number of nitrogens with zero attached hydrogens (tertiary/aromatic N) is 2. The Morgan fingerprint density at radius 2 is 1.85 bits per heavy atom. The van der Waals surface area contributed by atoms with E-state index in [0.717, 1.165) is 30.5 Å². The van der Waals surface area contributed by atoms with Crippen LogP contribution in [0.3, 0.4) is 0 Å². The van der Waals surface area contributed by atoms with Crippen LogP contribution in [0, 0.1) is 0 Å². The highest BCUT2D eigenvalue weighted by Crippen LogP contribution is 2.26. The number of guanidine groups is 1. The molecule has 148 valence electrons. The number of nitrogens with one attached hydrogen (secondary N) is 2. The summed E-state index contributed by atoms with van der Waals surface area (Å²) in [6.45, 7) is 7.10. The van der Waals surface area contributed by atoms with Crippen LogP contribution >= 0.6 is 24.0 Å². The van der Waals surface area contributed by atoms with Crippen molar-refractivity contribution in [2.75, 3.05) is 46.9 Å². The summed E-state index contributed by atoms with van der Waals surface area (Å²) in [5.41, 5.74) is 0. The fourth-order valence-corrected chi connectivity index (χ4v) is 2.95. The van der Waals surface area contributed by atoms with Gasteiger partial charge in [-0.3, -0.25) is 4.99 Å². The van der Waals surface area contributed by atoms with Gasteiger partial charge in [0.05, 0.1) is 13.7 Å². The first-order valence-corrected chi connectivity index (χ1v) is 9.19. The molecule has 1 aliphatic heterocycles. The third-order valence-electron chi connectivity index (χ3n) is 4.35. The molecule has 0 spiro atoms. The van der Waals surface area contributed by atoms with Gasteiger partial charge in [0.1, 0.15) is 6.10 Å². The van der Waals surface area contributed by atoms with Gasteiger partial charge in [-0.05, 0) is 45.0 Å². The quantitative estimate of drug-likeness (QED) is 0.344. The number of ether oxygens (including phenoxy) is 2. The van der Waals surface area contributed by atoms with Crippen LogP contribution in [0.15, 0.2) is 29.3 Å². The van der Waals surface area contributed by atoms with E-state index in [-0.39, 0.29) is 30.1 Å². The lowest BCUT2D eigenvalue weighted by molar-refractivity contribution is 0.213. The summed E-state index contributed by atoms with van der Waals surface area (Å²) in [7, 11) is 3.45. The molecule has 26 heavy (non-hydrogen) atoms. The minimum atomic E-state index is -0.00283. The van der Waals surface area contributed by atoms with Crippen LogP contribution in [-0.2, 0) is 0 Å². The molecule has 1 aliphatic rings. The molecular formula is C19H33IN4O2. The first kappa shape index (κ1) is 22.8. The molecule has 0 saturated carbocycles. The van der Waals surface area contributed by atoms with Crippen molar-refractivity contribution in [2.45, 2.75) is 32.3 Å². The molecule has 6 nitrogen and oxygen atoms in total. The second-order valence-electron chi connectivity index (χ2n) is 6.36. The van der Waals surface area contributed by atoms with E-state index >= 15 is 0 Å². The first-order chi connectivity index (χ1) is 12.2. The van der Waals surface area contributed by atoms with E-state index in [9.17, 15) is 0 Å². The van der Waals surface area contributed by atoms with Crippen molar-refractivity contribution < 1.29 is 9.47 Å². The first-order valence-electron chi connectivity index (χ1n) is 9.19. The Balaban J connectivity index is 0.00000338. The Kier molecular flexibility index (Phi) is 11.4. The molecule has 1 saturated heterocycles. The monoisotopic (exact) mass is 476 g/mol. The Morgan fingerprint density at radius 1 is 1.15 bits per heavy atom. The van der Waals surface area contributed by atoms with Gasteiger partial charge in [-0.25, -0.2) is 0 Å². The SMILES string of the molecule is CN=C(NCCN1CCCCC1)NCC(C)Oc1ccccc1OC.I. The highest BCUT2D eigenvalue weighted by Gasteiger charge is 2.11. The molecule has 1 aromatic carbocycles. The minimum Gasteiger partial charge on any atom is -0.493 e. The number of piperidine rings is 1. The van der Waals surface area contributed by atoms with Crippen LogP contribution in [-0.4, -0.2) is 63.8 Å². The molecule has 0 amide bonds. The normalized spacial score (nSPS) is 16.3. The Labute approximate surface area is 174 Å². The highest BCUT2D eigenvalue weighted by atomic mass is 127. The molecule has 0 aromatic heterocycles. The van der Waals surface area contributed by atoms with E-state index in [1.807, 2.05) is 31.2 Å². The number of aliphatic imine (C=N–C) groups is 1. The van der Waals surface area contributed by atoms with E-state index in [1.165, 1.54) is 32.4 Å². The molecule has 0 radical (unpaired) electrons. The summed E-state index contributed by atoms with van der Waals surface area (Å²) in [4.78, 5) is 6.79. The van der Waals surface area contributed by atoms with Gasteiger partial charge in [0.15, 0.2) is 17.5 Å². The zero-order valence-corrected chi connectivity index (χ0v) is 18.5. The summed E-state index contributed by atoms with van der Waals surface area (Å²) in [6.07, 6.45) is 4.02. The minimum absolute atomic E-state index is 0. The summed E-state index contributed by atoms with van der Waals surface area (Å²) >= 11 is 0. The molecule has 0 bridgehead atoms. The predicted octanol–water partition coefficient (Wildman–Crippen LogP) is 2.73. The van der Waals surface area contributed by atoms with Crippen LogP contribution in [0.2, 0.25) is 0 Å². The van der Waals surface area contributed by atoms with Crippen LogP contribution < -0.4 is 20.1 Å². The van der Waals surface area contributed by atoms with Crippen molar-refractivity contribution in [3.05, 3.63) is 24.3 Å². The molecule has 1 aromatic rings. The number of halogens is 1. The van der Waals surface area contributed by atoms with Gasteiger partial charge in [-0.15, -0.1) is 24.0 Å². The van der Waals surface area contributed by atoms with Gasteiger partial charge >= 0.3 is 0 Å². The topological polar surface area (TPSA) is 58.1 Å². The fraction of sp³-hybridized carbons (Fsp3) is 0.632. The predicted molar refractivity (Wildman–Crippen MR) is 118 cm³/mol. The van der Waals surface area contributed by atoms with Crippen molar-refractivity contribution in [3.63, 3.8) is 0 Å². The van der Waals surface area contributed by atoms with Crippen LogP contribution in [0.5, 0.6) is 11.5 Å². The average molecular weight is 476 g/mol. The summed E-state index contributed by atoms with van der Waals surface area (Å²) < 4.78 is 11.3. The maximum atomic E-state index is 5.95. The van der Waals surface area contributed by atoms with E-state index in [4.69, 9.17) is 9.47 Å². The van der Waals surface area contributed by atoms with Crippen LogP contribution in [0.1, 0.15) is 26.2 Å². The molecule has 2 N–H and O–H groups in total. The summed E-state index contributed by atoms with van der Waals surface area (Å²) in [6, 6.07) is 7.69. The number of hydrogen-bond acceptors (Lipinski definition) is 4. The molecule has 2 rings (SSSR count). The Bertz CT molecular complexity index is 536. The number of methoxy groups -OCH3 is 1. The molecule has 1 fully saturated rings. The second kappa shape index (κ2) is 13.0. The lowest BCUT2D eigenvalue weighted by Gasteiger charge is -2.26. The van der Waals surface area contributed by atoms with Gasteiger partial charge in [-0.2, -0.15) is 0 Å². The van der Waals surface area contributed by atoms with Crippen molar-refractivity contribution >= 4 is 29.9 Å². The summed E-state index contributed by atoms with van der Waals surface area (Å²) in [5.74, 6) is 2.32. The lowest BCUT2D eigenvalue weighted by Crippen LogP contribution is -2.45. The van der Waals surface area contributed by atoms with Crippen molar-refractivity contribution in [1.29, 1.82) is 0 Å². The Hall–Kier alpha value is -1.22. The average Bonchev–Trinajstić information content (AvgIpc) is 2.65. The van der Waals surface area contributed by atoms with E-state index in [1.54, 1.807) is 14.2 Å². The van der Waals surface area contributed by atoms with E-state index in [0.29, 0.717) is 6.54 Å². The van der Waals surface area contributed by atoms with Gasteiger partial charge in [-0.1, -0.05) is 18.6 Å². The fourth-order valence-electron chi connectivity index (χ4n) is 2.95. The largest absolute Gasteiger partial charge is 0.493 e.